The van der Waals surface area contributed by atoms with E-state index in [1.165, 1.54) is 18.3 Å². The third-order valence-corrected chi connectivity index (χ3v) is 4.37. The van der Waals surface area contributed by atoms with Gasteiger partial charge in [0.05, 0.1) is 0 Å². The number of ketones is 2. The summed E-state index contributed by atoms with van der Waals surface area (Å²) >= 11 is 0. The van der Waals surface area contributed by atoms with E-state index in [-0.39, 0.29) is 41.9 Å². The average molecular weight is 351 g/mol. The summed E-state index contributed by atoms with van der Waals surface area (Å²) in [6.45, 7) is 0. The molecule has 1 aromatic carbocycles. The minimum atomic E-state index is -2.40. The number of fused-ring (bicyclic) bond motifs is 1. The number of rotatable bonds is 4. The highest BCUT2D eigenvalue weighted by atomic mass is 19.2. The maximum absolute atomic E-state index is 15.3. The van der Waals surface area contributed by atoms with Crippen molar-refractivity contribution in [3.8, 4) is 0 Å². The number of aromatic nitrogens is 1. The molecule has 1 aromatic heterocycles. The van der Waals surface area contributed by atoms with Crippen LogP contribution in [0.3, 0.4) is 0 Å². The summed E-state index contributed by atoms with van der Waals surface area (Å²) in [4.78, 5) is 28.1. The molecule has 1 aliphatic rings. The molecule has 1 heterocycles. The van der Waals surface area contributed by atoms with E-state index >= 15 is 4.39 Å². The zero-order chi connectivity index (χ0) is 18.2. The third-order valence-electron chi connectivity index (χ3n) is 4.37. The average Bonchev–Trinajstić information content (AvgIpc) is 2.62. The second-order valence-electron chi connectivity index (χ2n) is 5.88. The van der Waals surface area contributed by atoms with E-state index in [1.54, 1.807) is 0 Å². The SMILES string of the molecule is O=C1CC[C@@](F)(C(=O)CCc2ccc(F)c(F)c2F)c2cccnc21. The van der Waals surface area contributed by atoms with E-state index in [1.807, 2.05) is 0 Å². The summed E-state index contributed by atoms with van der Waals surface area (Å²) in [6.07, 6.45) is 0.164. The zero-order valence-electron chi connectivity index (χ0n) is 13.0. The number of halogens is 4. The molecule has 3 rings (SSSR count). The topological polar surface area (TPSA) is 47.0 Å². The molecule has 0 bridgehead atoms. The van der Waals surface area contributed by atoms with Crippen molar-refractivity contribution in [1.29, 1.82) is 0 Å². The first-order chi connectivity index (χ1) is 11.8. The van der Waals surface area contributed by atoms with Gasteiger partial charge in [0.15, 0.2) is 34.7 Å². The molecule has 0 unspecified atom stereocenters. The lowest BCUT2D eigenvalue weighted by atomic mass is 9.78. The molecule has 0 N–H and O–H groups in total. The Morgan fingerprint density at radius 2 is 1.92 bits per heavy atom. The van der Waals surface area contributed by atoms with Crippen LogP contribution in [0.5, 0.6) is 0 Å². The molecule has 0 fully saturated rings. The molecular formula is C18H13F4NO2. The number of benzene rings is 1. The molecule has 1 aliphatic carbocycles. The molecular weight excluding hydrogens is 338 g/mol. The van der Waals surface area contributed by atoms with Gasteiger partial charge in [-0.15, -0.1) is 0 Å². The van der Waals surface area contributed by atoms with Crippen molar-refractivity contribution in [3.05, 3.63) is 64.7 Å². The van der Waals surface area contributed by atoms with Gasteiger partial charge in [0.2, 0.25) is 0 Å². The largest absolute Gasteiger partial charge is 0.296 e. The Hall–Kier alpha value is -2.57. The second-order valence-corrected chi connectivity index (χ2v) is 5.88. The van der Waals surface area contributed by atoms with Crippen molar-refractivity contribution in [2.45, 2.75) is 31.4 Å². The molecule has 0 saturated heterocycles. The number of alkyl halides is 1. The van der Waals surface area contributed by atoms with E-state index in [0.717, 1.165) is 12.1 Å². The predicted octanol–water partition coefficient (Wildman–Crippen LogP) is 3.84. The van der Waals surface area contributed by atoms with Crippen LogP contribution in [0.2, 0.25) is 0 Å². The van der Waals surface area contributed by atoms with Gasteiger partial charge in [-0.1, -0.05) is 12.1 Å². The van der Waals surface area contributed by atoms with Crippen LogP contribution in [0.15, 0.2) is 30.5 Å². The third kappa shape index (κ3) is 2.94. The number of hydrogen-bond donors (Lipinski definition) is 0. The molecule has 0 aliphatic heterocycles. The van der Waals surface area contributed by atoms with Crippen LogP contribution in [0.4, 0.5) is 17.6 Å². The fourth-order valence-corrected chi connectivity index (χ4v) is 2.98. The maximum Gasteiger partial charge on any atom is 0.196 e. The van der Waals surface area contributed by atoms with E-state index in [9.17, 15) is 22.8 Å². The lowest BCUT2D eigenvalue weighted by Crippen LogP contribution is -2.37. The molecule has 0 amide bonds. The molecule has 3 nitrogen and oxygen atoms in total. The van der Waals surface area contributed by atoms with E-state index in [2.05, 4.69) is 4.98 Å². The van der Waals surface area contributed by atoms with Crippen molar-refractivity contribution >= 4 is 11.6 Å². The highest BCUT2D eigenvalue weighted by Crippen LogP contribution is 2.39. The highest BCUT2D eigenvalue weighted by Gasteiger charge is 2.46. The van der Waals surface area contributed by atoms with Crippen LogP contribution in [0.1, 0.15) is 40.9 Å². The van der Waals surface area contributed by atoms with Gasteiger partial charge in [0.25, 0.3) is 0 Å². The zero-order valence-corrected chi connectivity index (χ0v) is 13.0. The van der Waals surface area contributed by atoms with Crippen molar-refractivity contribution < 1.29 is 27.2 Å². The molecule has 0 saturated carbocycles. The van der Waals surface area contributed by atoms with Gasteiger partial charge in [0.1, 0.15) is 5.69 Å². The number of aryl methyl sites for hydroxylation is 1. The van der Waals surface area contributed by atoms with Gasteiger partial charge >= 0.3 is 0 Å². The number of nitrogens with zero attached hydrogens (tertiary/aromatic N) is 1. The number of Topliss-reactive ketones (excluding diaryl/α,β-unsaturated/α-hetero) is 2. The van der Waals surface area contributed by atoms with Gasteiger partial charge in [-0.2, -0.15) is 0 Å². The molecule has 1 atom stereocenters. The first kappa shape index (κ1) is 17.3. The second kappa shape index (κ2) is 6.38. The van der Waals surface area contributed by atoms with E-state index in [4.69, 9.17) is 0 Å². The quantitative estimate of drug-likeness (QED) is 0.621. The Morgan fingerprint density at radius 3 is 2.68 bits per heavy atom. The summed E-state index contributed by atoms with van der Waals surface area (Å²) in [5, 5.41) is 0. The summed E-state index contributed by atoms with van der Waals surface area (Å²) < 4.78 is 55.1. The minimum Gasteiger partial charge on any atom is -0.296 e. The first-order valence-electron chi connectivity index (χ1n) is 7.68. The molecule has 0 spiro atoms. The fourth-order valence-electron chi connectivity index (χ4n) is 2.98. The van der Waals surface area contributed by atoms with Gasteiger partial charge in [-0.05, 0) is 24.1 Å². The van der Waals surface area contributed by atoms with Crippen LogP contribution < -0.4 is 0 Å². The highest BCUT2D eigenvalue weighted by molar-refractivity contribution is 6.01. The monoisotopic (exact) mass is 351 g/mol. The van der Waals surface area contributed by atoms with Crippen LogP contribution in [-0.2, 0) is 16.9 Å². The number of pyridine rings is 1. The van der Waals surface area contributed by atoms with E-state index < -0.39 is 35.3 Å². The summed E-state index contributed by atoms with van der Waals surface area (Å²) in [6, 6.07) is 4.53. The fraction of sp³-hybridized carbons (Fsp3) is 0.278. The van der Waals surface area contributed by atoms with Gasteiger partial charge < -0.3 is 0 Å². The van der Waals surface area contributed by atoms with Gasteiger partial charge in [0, 0.05) is 31.0 Å². The van der Waals surface area contributed by atoms with Crippen LogP contribution in [-0.4, -0.2) is 16.6 Å². The van der Waals surface area contributed by atoms with Gasteiger partial charge in [-0.25, -0.2) is 17.6 Å². The molecule has 130 valence electrons. The molecule has 0 radical (unpaired) electrons. The van der Waals surface area contributed by atoms with Crippen molar-refractivity contribution in [3.63, 3.8) is 0 Å². The Labute approximate surface area is 140 Å². The van der Waals surface area contributed by atoms with Crippen molar-refractivity contribution in [1.82, 2.24) is 4.98 Å². The van der Waals surface area contributed by atoms with Crippen molar-refractivity contribution in [2.24, 2.45) is 0 Å². The lowest BCUT2D eigenvalue weighted by Gasteiger charge is -2.29. The standard InChI is InChI=1S/C18H13F4NO2/c19-12-5-3-10(15(20)16(12)21)4-6-14(25)18(22)8-7-13(24)17-11(18)2-1-9-23-17/h1-3,5,9H,4,6-8H2/t18-/m0/s1. The van der Waals surface area contributed by atoms with Gasteiger partial charge in [-0.3, -0.25) is 14.6 Å². The Bertz CT molecular complexity index is 868. The lowest BCUT2D eigenvalue weighted by molar-refractivity contribution is -0.131. The minimum absolute atomic E-state index is 0.0800. The Kier molecular flexibility index (Phi) is 4.41. The Balaban J connectivity index is 1.84. The summed E-state index contributed by atoms with van der Waals surface area (Å²) in [7, 11) is 0. The van der Waals surface area contributed by atoms with Crippen molar-refractivity contribution in [2.75, 3.05) is 0 Å². The smallest absolute Gasteiger partial charge is 0.196 e. The van der Waals surface area contributed by atoms with Crippen LogP contribution >= 0.6 is 0 Å². The summed E-state index contributed by atoms with van der Waals surface area (Å²) in [5.74, 6) is -5.54. The van der Waals surface area contributed by atoms with Crippen LogP contribution in [0.25, 0.3) is 0 Å². The Morgan fingerprint density at radius 1 is 1.16 bits per heavy atom. The number of hydrogen-bond acceptors (Lipinski definition) is 3. The first-order valence-corrected chi connectivity index (χ1v) is 7.68. The summed E-state index contributed by atoms with van der Waals surface area (Å²) in [5.41, 5.74) is -2.79. The maximum atomic E-state index is 15.3. The normalized spacial score (nSPS) is 19.6. The number of carbonyl (C=O) groups excluding carboxylic acids is 2. The molecule has 7 heteroatoms. The van der Waals surface area contributed by atoms with Crippen LogP contribution in [0, 0.1) is 17.5 Å². The number of carbonyl (C=O) groups is 2. The predicted molar refractivity (Wildman–Crippen MR) is 80.2 cm³/mol. The van der Waals surface area contributed by atoms with E-state index in [0.29, 0.717) is 0 Å². The molecule has 2 aromatic rings. The molecule has 25 heavy (non-hydrogen) atoms.